The molecule has 1 saturated heterocycles. The van der Waals surface area contributed by atoms with E-state index in [4.69, 9.17) is 0 Å². The monoisotopic (exact) mass is 335 g/mol. The maximum atomic E-state index is 12.7. The van der Waals surface area contributed by atoms with E-state index in [0.29, 0.717) is 25.3 Å². The molecule has 0 aromatic heterocycles. The van der Waals surface area contributed by atoms with Gasteiger partial charge in [0.1, 0.15) is 0 Å². The topological polar surface area (TPSA) is 54.5 Å². The van der Waals surface area contributed by atoms with Crippen LogP contribution in [-0.2, 0) is 27.5 Å². The molecule has 1 aromatic carbocycles. The first-order valence-electron chi connectivity index (χ1n) is 8.55. The van der Waals surface area contributed by atoms with Crippen LogP contribution < -0.4 is 0 Å². The summed E-state index contributed by atoms with van der Waals surface area (Å²) in [6.07, 6.45) is 4.18. The van der Waals surface area contributed by atoms with Crippen molar-refractivity contribution < 1.29 is 13.2 Å². The summed E-state index contributed by atoms with van der Waals surface area (Å²) in [4.78, 5) is 14.5. The normalized spacial score (nSPS) is 25.8. The molecule has 1 fully saturated rings. The number of carbonyl (C=O) groups excluding carboxylic acids is 1. The number of carbonyl (C=O) groups is 1. The van der Waals surface area contributed by atoms with Gasteiger partial charge in [0.2, 0.25) is 5.91 Å². The molecule has 23 heavy (non-hydrogen) atoms. The Morgan fingerprint density at radius 2 is 1.96 bits per heavy atom. The van der Waals surface area contributed by atoms with Crippen LogP contribution in [0.5, 0.6) is 0 Å². The summed E-state index contributed by atoms with van der Waals surface area (Å²) >= 11 is 0. The molecule has 1 aromatic rings. The van der Waals surface area contributed by atoms with Crippen molar-refractivity contribution in [3.05, 3.63) is 35.4 Å². The van der Waals surface area contributed by atoms with Crippen LogP contribution in [0.25, 0.3) is 0 Å². The number of nitrogens with zero attached hydrogens (tertiary/aromatic N) is 1. The van der Waals surface area contributed by atoms with Gasteiger partial charge in [0.25, 0.3) is 0 Å². The van der Waals surface area contributed by atoms with Gasteiger partial charge in [-0.2, -0.15) is 0 Å². The number of benzene rings is 1. The lowest BCUT2D eigenvalue weighted by Crippen LogP contribution is -2.42. The molecule has 1 aliphatic heterocycles. The molecule has 126 valence electrons. The van der Waals surface area contributed by atoms with Crippen molar-refractivity contribution in [2.75, 3.05) is 18.1 Å². The number of aryl methyl sites for hydroxylation is 1. The first kappa shape index (κ1) is 16.5. The van der Waals surface area contributed by atoms with E-state index in [2.05, 4.69) is 24.3 Å². The lowest BCUT2D eigenvalue weighted by Gasteiger charge is -2.30. The summed E-state index contributed by atoms with van der Waals surface area (Å²) in [5, 5.41) is 0. The number of amides is 1. The number of hydrogen-bond acceptors (Lipinski definition) is 3. The lowest BCUT2D eigenvalue weighted by atomic mass is 9.82. The van der Waals surface area contributed by atoms with Gasteiger partial charge in [-0.25, -0.2) is 8.42 Å². The number of hydrogen-bond donors (Lipinski definition) is 0. The fraction of sp³-hybridized carbons (Fsp3) is 0.611. The highest BCUT2D eigenvalue weighted by Gasteiger charge is 2.34. The molecule has 0 unspecified atom stereocenters. The fourth-order valence-electron chi connectivity index (χ4n) is 3.97. The smallest absolute Gasteiger partial charge is 0.223 e. The average molecular weight is 335 g/mol. The Balaban J connectivity index is 1.62. The van der Waals surface area contributed by atoms with E-state index in [1.54, 1.807) is 4.90 Å². The fourth-order valence-corrected chi connectivity index (χ4v) is 5.70. The van der Waals surface area contributed by atoms with Crippen molar-refractivity contribution in [2.24, 2.45) is 5.92 Å². The predicted octanol–water partition coefficient (Wildman–Crippen LogP) is 2.22. The summed E-state index contributed by atoms with van der Waals surface area (Å²) < 4.78 is 23.3. The molecule has 1 heterocycles. The Kier molecular flexibility index (Phi) is 4.76. The Morgan fingerprint density at radius 1 is 1.22 bits per heavy atom. The molecule has 1 aliphatic carbocycles. The lowest BCUT2D eigenvalue weighted by molar-refractivity contribution is -0.133. The van der Waals surface area contributed by atoms with Crippen molar-refractivity contribution in [1.82, 2.24) is 4.90 Å². The zero-order valence-corrected chi connectivity index (χ0v) is 14.5. The molecular weight excluding hydrogens is 310 g/mol. The quantitative estimate of drug-likeness (QED) is 0.848. The second-order valence-corrected chi connectivity index (χ2v) is 9.05. The van der Waals surface area contributed by atoms with E-state index in [-0.39, 0.29) is 23.5 Å². The molecule has 0 N–H and O–H groups in total. The van der Waals surface area contributed by atoms with Crippen LogP contribution in [0.15, 0.2) is 24.3 Å². The molecular formula is C18H25NO3S. The highest BCUT2D eigenvalue weighted by atomic mass is 32.2. The van der Waals surface area contributed by atoms with Crippen molar-refractivity contribution >= 4 is 15.7 Å². The maximum Gasteiger partial charge on any atom is 0.223 e. The second-order valence-electron chi connectivity index (χ2n) is 6.82. The Bertz CT molecular complexity index is 683. The summed E-state index contributed by atoms with van der Waals surface area (Å²) in [6, 6.07) is 8.35. The zero-order valence-electron chi connectivity index (χ0n) is 13.7. The second kappa shape index (κ2) is 6.63. The third-order valence-electron chi connectivity index (χ3n) is 5.22. The summed E-state index contributed by atoms with van der Waals surface area (Å²) in [5.74, 6) is 0.863. The molecule has 0 spiro atoms. The molecule has 5 heteroatoms. The van der Waals surface area contributed by atoms with Crippen molar-refractivity contribution in [3.8, 4) is 0 Å². The number of sulfone groups is 1. The Hall–Kier alpha value is -1.36. The van der Waals surface area contributed by atoms with Crippen molar-refractivity contribution in [1.29, 1.82) is 0 Å². The zero-order chi connectivity index (χ0) is 16.4. The molecule has 1 amide bonds. The molecule has 2 aliphatic rings. The van der Waals surface area contributed by atoms with Gasteiger partial charge in [-0.05, 0) is 49.7 Å². The van der Waals surface area contributed by atoms with Gasteiger partial charge in [0.05, 0.1) is 11.5 Å². The maximum absolute atomic E-state index is 12.7. The van der Waals surface area contributed by atoms with Crippen LogP contribution >= 0.6 is 0 Å². The van der Waals surface area contributed by atoms with Crippen LogP contribution in [0.1, 0.15) is 37.3 Å². The van der Waals surface area contributed by atoms with E-state index >= 15 is 0 Å². The van der Waals surface area contributed by atoms with E-state index in [1.165, 1.54) is 11.1 Å². The molecule has 0 saturated carbocycles. The van der Waals surface area contributed by atoms with Crippen molar-refractivity contribution in [2.45, 2.75) is 45.1 Å². The van der Waals surface area contributed by atoms with Gasteiger partial charge < -0.3 is 4.90 Å². The van der Waals surface area contributed by atoms with Gasteiger partial charge in [-0.1, -0.05) is 24.3 Å². The SMILES string of the molecule is CCN(C(=O)C[C@@H]1CCc2ccccc2C1)[C@@H]1CCS(=O)(=O)C1. The molecule has 0 bridgehead atoms. The molecule has 3 rings (SSSR count). The summed E-state index contributed by atoms with van der Waals surface area (Å²) in [7, 11) is -2.95. The minimum atomic E-state index is -2.95. The largest absolute Gasteiger partial charge is 0.339 e. The minimum absolute atomic E-state index is 0.117. The third-order valence-corrected chi connectivity index (χ3v) is 6.97. The van der Waals surface area contributed by atoms with Crippen LogP contribution in [0.3, 0.4) is 0 Å². The minimum Gasteiger partial charge on any atom is -0.339 e. The predicted molar refractivity (Wildman–Crippen MR) is 91.0 cm³/mol. The number of fused-ring (bicyclic) bond motifs is 1. The summed E-state index contributed by atoms with van der Waals surface area (Å²) in [6.45, 7) is 2.54. The van der Waals surface area contributed by atoms with Crippen LogP contribution in [0, 0.1) is 5.92 Å². The van der Waals surface area contributed by atoms with E-state index in [1.807, 2.05) is 6.92 Å². The Morgan fingerprint density at radius 3 is 2.61 bits per heavy atom. The molecule has 0 radical (unpaired) electrons. The van der Waals surface area contributed by atoms with Crippen LogP contribution in [-0.4, -0.2) is 43.3 Å². The van der Waals surface area contributed by atoms with Gasteiger partial charge >= 0.3 is 0 Å². The Labute approximate surface area is 138 Å². The van der Waals surface area contributed by atoms with Gasteiger partial charge in [0.15, 0.2) is 9.84 Å². The first-order chi connectivity index (χ1) is 11.0. The first-order valence-corrected chi connectivity index (χ1v) is 10.4. The average Bonchev–Trinajstić information content (AvgIpc) is 2.87. The summed E-state index contributed by atoms with van der Waals surface area (Å²) in [5.41, 5.74) is 2.77. The highest BCUT2D eigenvalue weighted by molar-refractivity contribution is 7.91. The van der Waals surface area contributed by atoms with Gasteiger partial charge in [0, 0.05) is 19.0 Å². The van der Waals surface area contributed by atoms with Crippen molar-refractivity contribution in [3.63, 3.8) is 0 Å². The third kappa shape index (κ3) is 3.77. The van der Waals surface area contributed by atoms with Gasteiger partial charge in [-0.15, -0.1) is 0 Å². The van der Waals surface area contributed by atoms with E-state index in [9.17, 15) is 13.2 Å². The van der Waals surface area contributed by atoms with Crippen LogP contribution in [0.4, 0.5) is 0 Å². The van der Waals surface area contributed by atoms with E-state index < -0.39 is 9.84 Å². The van der Waals surface area contributed by atoms with E-state index in [0.717, 1.165) is 19.3 Å². The van der Waals surface area contributed by atoms with Crippen LogP contribution in [0.2, 0.25) is 0 Å². The number of rotatable bonds is 4. The highest BCUT2D eigenvalue weighted by Crippen LogP contribution is 2.28. The molecule has 2 atom stereocenters. The standard InChI is InChI=1S/C18H25NO3S/c1-2-19(17-9-10-23(21,22)13-17)18(20)12-14-7-8-15-5-3-4-6-16(15)11-14/h3-6,14,17H,2,7-13H2,1H3/t14-,17-/m1/s1. The van der Waals surface area contributed by atoms with Gasteiger partial charge in [-0.3, -0.25) is 4.79 Å². The molecule has 4 nitrogen and oxygen atoms in total.